The van der Waals surface area contributed by atoms with E-state index >= 15 is 0 Å². The zero-order valence-corrected chi connectivity index (χ0v) is 13.1. The summed E-state index contributed by atoms with van der Waals surface area (Å²) in [5.41, 5.74) is 5.24. The van der Waals surface area contributed by atoms with Gasteiger partial charge in [0.15, 0.2) is 0 Å². The van der Waals surface area contributed by atoms with Gasteiger partial charge in [0.25, 0.3) is 0 Å². The van der Waals surface area contributed by atoms with Crippen LogP contribution >= 0.6 is 0 Å². The Balaban J connectivity index is 1.81. The topological polar surface area (TPSA) is 17.8 Å². The molecule has 0 saturated heterocycles. The van der Waals surface area contributed by atoms with Crippen molar-refractivity contribution in [2.75, 3.05) is 0 Å². The number of fused-ring (bicyclic) bond motifs is 2. The van der Waals surface area contributed by atoms with Gasteiger partial charge in [-0.3, -0.25) is 0 Å². The third-order valence-electron chi connectivity index (χ3n) is 5.73. The number of benzene rings is 1. The second-order valence-electron chi connectivity index (χ2n) is 7.00. The minimum Gasteiger partial charge on any atom is -0.233 e. The first kappa shape index (κ1) is 13.7. The fourth-order valence-electron chi connectivity index (χ4n) is 4.07. The molecule has 0 radical (unpaired) electrons. The molecule has 1 aromatic heterocycles. The number of allylic oxidation sites excluding steroid dienone is 1. The van der Waals surface area contributed by atoms with Crippen LogP contribution in [0.3, 0.4) is 0 Å². The molecule has 114 valence electrons. The number of hydrogen-bond acceptors (Lipinski definition) is 1. The summed E-state index contributed by atoms with van der Waals surface area (Å²) >= 11 is 0. The number of halogens is 1. The fraction of sp³-hybridized carbons (Fsp3) is 0.421. The van der Waals surface area contributed by atoms with Crippen LogP contribution in [0.4, 0.5) is 4.39 Å². The van der Waals surface area contributed by atoms with Crippen LogP contribution in [-0.2, 0) is 6.42 Å². The van der Waals surface area contributed by atoms with Crippen molar-refractivity contribution in [3.05, 3.63) is 53.1 Å². The monoisotopic (exact) mass is 296 g/mol. The highest BCUT2D eigenvalue weighted by Gasteiger charge is 2.41. The van der Waals surface area contributed by atoms with Gasteiger partial charge in [-0.2, -0.15) is 5.10 Å². The summed E-state index contributed by atoms with van der Waals surface area (Å²) in [7, 11) is 0. The number of rotatable bonds is 1. The normalized spacial score (nSPS) is 27.0. The molecule has 0 spiro atoms. The van der Waals surface area contributed by atoms with Crippen molar-refractivity contribution < 1.29 is 4.39 Å². The summed E-state index contributed by atoms with van der Waals surface area (Å²) in [5.74, 6) is 0.506. The molecule has 0 bridgehead atoms. The third kappa shape index (κ3) is 1.95. The van der Waals surface area contributed by atoms with Crippen molar-refractivity contribution in [1.82, 2.24) is 9.78 Å². The van der Waals surface area contributed by atoms with Gasteiger partial charge in [0.1, 0.15) is 5.82 Å². The van der Waals surface area contributed by atoms with Gasteiger partial charge in [-0.25, -0.2) is 9.07 Å². The van der Waals surface area contributed by atoms with E-state index in [0.29, 0.717) is 0 Å². The molecular weight excluding hydrogens is 275 g/mol. The largest absolute Gasteiger partial charge is 0.233 e. The van der Waals surface area contributed by atoms with E-state index in [-0.39, 0.29) is 11.2 Å². The molecule has 2 atom stereocenters. The lowest BCUT2D eigenvalue weighted by molar-refractivity contribution is 0.199. The van der Waals surface area contributed by atoms with Crippen LogP contribution < -0.4 is 0 Å². The van der Waals surface area contributed by atoms with Gasteiger partial charge in [0, 0.05) is 0 Å². The molecular formula is C19H21FN2. The molecule has 0 N–H and O–H groups in total. The molecule has 3 heteroatoms. The molecule has 22 heavy (non-hydrogen) atoms. The Labute approximate surface area is 130 Å². The van der Waals surface area contributed by atoms with E-state index in [9.17, 15) is 4.39 Å². The maximum atomic E-state index is 13.1. The van der Waals surface area contributed by atoms with Crippen LogP contribution in [0.2, 0.25) is 0 Å². The van der Waals surface area contributed by atoms with E-state index in [2.05, 4.69) is 25.0 Å². The predicted molar refractivity (Wildman–Crippen MR) is 86.3 cm³/mol. The Hall–Kier alpha value is -1.90. The van der Waals surface area contributed by atoms with E-state index in [4.69, 9.17) is 0 Å². The molecule has 1 heterocycles. The van der Waals surface area contributed by atoms with Gasteiger partial charge in [0.05, 0.1) is 17.6 Å². The fourth-order valence-corrected chi connectivity index (χ4v) is 4.07. The lowest BCUT2D eigenvalue weighted by Crippen LogP contribution is -2.35. The van der Waals surface area contributed by atoms with Crippen molar-refractivity contribution in [2.45, 2.75) is 39.5 Å². The molecule has 1 fully saturated rings. The minimum absolute atomic E-state index is 0.211. The first-order valence-corrected chi connectivity index (χ1v) is 8.12. The Kier molecular flexibility index (Phi) is 3.00. The van der Waals surface area contributed by atoms with Crippen LogP contribution in [0.5, 0.6) is 0 Å². The van der Waals surface area contributed by atoms with Gasteiger partial charge < -0.3 is 0 Å². The van der Waals surface area contributed by atoms with Crippen molar-refractivity contribution in [1.29, 1.82) is 0 Å². The van der Waals surface area contributed by atoms with Crippen molar-refractivity contribution in [3.8, 4) is 5.69 Å². The molecule has 0 amide bonds. The zero-order chi connectivity index (χ0) is 15.3. The Bertz CT molecular complexity index is 741. The number of aromatic nitrogens is 2. The van der Waals surface area contributed by atoms with Crippen LogP contribution in [-0.4, -0.2) is 9.78 Å². The quantitative estimate of drug-likeness (QED) is 0.740. The minimum atomic E-state index is -0.211. The lowest BCUT2D eigenvalue weighted by atomic mass is 9.60. The third-order valence-corrected chi connectivity index (χ3v) is 5.73. The smallest absolute Gasteiger partial charge is 0.123 e. The Morgan fingerprint density at radius 2 is 2.05 bits per heavy atom. The molecule has 2 nitrogen and oxygen atoms in total. The Morgan fingerprint density at radius 1 is 1.27 bits per heavy atom. The van der Waals surface area contributed by atoms with Crippen molar-refractivity contribution in [3.63, 3.8) is 0 Å². The molecule has 1 aromatic carbocycles. The lowest BCUT2D eigenvalue weighted by Gasteiger charge is -2.44. The first-order valence-electron chi connectivity index (χ1n) is 8.12. The van der Waals surface area contributed by atoms with Gasteiger partial charge in [-0.15, -0.1) is 0 Å². The highest BCUT2D eigenvalue weighted by Crippen LogP contribution is 2.50. The molecule has 2 aliphatic rings. The van der Waals surface area contributed by atoms with Crippen LogP contribution in [0.1, 0.15) is 44.4 Å². The van der Waals surface area contributed by atoms with Gasteiger partial charge in [-0.1, -0.05) is 19.4 Å². The summed E-state index contributed by atoms with van der Waals surface area (Å²) in [4.78, 5) is 0. The average molecular weight is 296 g/mol. The van der Waals surface area contributed by atoms with Gasteiger partial charge in [-0.05, 0) is 72.9 Å². The summed E-state index contributed by atoms with van der Waals surface area (Å²) in [6.07, 6.45) is 9.17. The first-order chi connectivity index (χ1) is 10.6. The summed E-state index contributed by atoms with van der Waals surface area (Å²) in [6, 6.07) is 6.56. The van der Waals surface area contributed by atoms with E-state index in [1.54, 1.807) is 17.7 Å². The van der Waals surface area contributed by atoms with Crippen LogP contribution in [0, 0.1) is 17.2 Å². The predicted octanol–water partition coefficient (Wildman–Crippen LogP) is 4.78. The molecule has 0 aliphatic heterocycles. The van der Waals surface area contributed by atoms with Crippen LogP contribution in [0.15, 0.2) is 36.0 Å². The Morgan fingerprint density at radius 3 is 2.82 bits per heavy atom. The number of hydrogen-bond donors (Lipinski definition) is 0. The average Bonchev–Trinajstić information content (AvgIpc) is 2.89. The SMILES string of the molecule is CC1CCCC2=Cc3c(cnn3-c3ccc(F)cc3)CC21C. The van der Waals surface area contributed by atoms with E-state index in [0.717, 1.165) is 18.0 Å². The second kappa shape index (κ2) is 4.80. The van der Waals surface area contributed by atoms with Gasteiger partial charge >= 0.3 is 0 Å². The van der Waals surface area contributed by atoms with E-state index in [1.165, 1.54) is 42.7 Å². The summed E-state index contributed by atoms with van der Waals surface area (Å²) in [6.45, 7) is 4.78. The van der Waals surface area contributed by atoms with E-state index < -0.39 is 0 Å². The molecule has 4 rings (SSSR count). The van der Waals surface area contributed by atoms with Crippen molar-refractivity contribution >= 4 is 6.08 Å². The van der Waals surface area contributed by atoms with Crippen molar-refractivity contribution in [2.24, 2.45) is 11.3 Å². The summed E-state index contributed by atoms with van der Waals surface area (Å²) in [5, 5.41) is 4.56. The molecule has 1 saturated carbocycles. The molecule has 2 aliphatic carbocycles. The molecule has 2 unspecified atom stereocenters. The summed E-state index contributed by atoms with van der Waals surface area (Å²) < 4.78 is 15.1. The highest BCUT2D eigenvalue weighted by molar-refractivity contribution is 5.61. The van der Waals surface area contributed by atoms with Gasteiger partial charge in [0.2, 0.25) is 0 Å². The maximum absolute atomic E-state index is 13.1. The molecule has 2 aromatic rings. The zero-order valence-electron chi connectivity index (χ0n) is 13.1. The van der Waals surface area contributed by atoms with E-state index in [1.807, 2.05) is 10.9 Å². The van der Waals surface area contributed by atoms with Crippen LogP contribution in [0.25, 0.3) is 11.8 Å². The second-order valence-corrected chi connectivity index (χ2v) is 7.00. The highest BCUT2D eigenvalue weighted by atomic mass is 19.1. The standard InChI is InChI=1S/C19H21FN2/c1-13-4-3-5-15-10-18-14(11-19(13,15)2)12-21-22(18)17-8-6-16(20)7-9-17/h6-10,12-13H,3-5,11H2,1-2H3. The number of nitrogens with zero attached hydrogens (tertiary/aromatic N) is 2. The maximum Gasteiger partial charge on any atom is 0.123 e.